The number of hydrogen-bond acceptors (Lipinski definition) is 3. The molecule has 5 nitrogen and oxygen atoms in total. The predicted octanol–water partition coefficient (Wildman–Crippen LogP) is 4.82. The Hall–Kier alpha value is -3.47. The van der Waals surface area contributed by atoms with Crippen LogP contribution in [0.15, 0.2) is 60.8 Å². The van der Waals surface area contributed by atoms with Crippen LogP contribution in [0.4, 0.5) is 5.82 Å². The number of aromatic amines is 2. The Morgan fingerprint density at radius 1 is 0.931 bits per heavy atom. The lowest BCUT2D eigenvalue weighted by Crippen LogP contribution is -2.19. The number of fused-ring (bicyclic) bond motifs is 1. The number of hydrogen-bond donors (Lipinski definition) is 2. The summed E-state index contributed by atoms with van der Waals surface area (Å²) in [5.74, 6) is 2.38. The van der Waals surface area contributed by atoms with Crippen LogP contribution < -0.4 is 19.8 Å². The second kappa shape index (κ2) is 7.87. The number of H-pyrrole nitrogens is 2. The van der Waals surface area contributed by atoms with E-state index < -0.39 is 0 Å². The monoisotopic (exact) mass is 388 g/mol. The first-order valence-corrected chi connectivity index (χ1v) is 9.64. The molecule has 5 heteroatoms. The van der Waals surface area contributed by atoms with E-state index in [4.69, 9.17) is 9.47 Å². The number of nitrogens with one attached hydrogen (secondary N) is 3. The minimum Gasteiger partial charge on any atom is -0.493 e. The van der Waals surface area contributed by atoms with Crippen molar-refractivity contribution in [2.24, 2.45) is 0 Å². The smallest absolute Gasteiger partial charge is 0.273 e. The van der Waals surface area contributed by atoms with Gasteiger partial charge >= 0.3 is 0 Å². The van der Waals surface area contributed by atoms with Crippen LogP contribution in [0.2, 0.25) is 0 Å². The van der Waals surface area contributed by atoms with Crippen molar-refractivity contribution < 1.29 is 14.5 Å². The molecule has 0 aliphatic heterocycles. The number of para-hydroxylation sites is 1. The number of methoxy groups -OCH3 is 2. The quantitative estimate of drug-likeness (QED) is 0.498. The molecule has 0 amide bonds. The number of aryl methyl sites for hydroxylation is 2. The Kier molecular flexibility index (Phi) is 5.12. The van der Waals surface area contributed by atoms with Gasteiger partial charge in [-0.3, -0.25) is 5.32 Å². The highest BCUT2D eigenvalue weighted by molar-refractivity contribution is 5.86. The van der Waals surface area contributed by atoms with Gasteiger partial charge in [-0.05, 0) is 43.7 Å². The Labute approximate surface area is 170 Å². The summed E-state index contributed by atoms with van der Waals surface area (Å²) < 4.78 is 11.0. The molecule has 0 spiro atoms. The summed E-state index contributed by atoms with van der Waals surface area (Å²) in [6, 6.07) is 18.5. The maximum Gasteiger partial charge on any atom is 0.273 e. The van der Waals surface area contributed by atoms with E-state index >= 15 is 0 Å². The maximum atomic E-state index is 5.56. The van der Waals surface area contributed by atoms with E-state index in [1.165, 1.54) is 16.5 Å². The molecule has 1 atom stereocenters. The summed E-state index contributed by atoms with van der Waals surface area (Å²) in [6.07, 6.45) is 1.95. The van der Waals surface area contributed by atoms with E-state index in [-0.39, 0.29) is 6.04 Å². The molecule has 0 saturated heterocycles. The molecule has 2 aromatic carbocycles. The summed E-state index contributed by atoms with van der Waals surface area (Å²) in [7, 11) is 3.31. The van der Waals surface area contributed by atoms with E-state index in [1.807, 2.05) is 24.4 Å². The van der Waals surface area contributed by atoms with Gasteiger partial charge in [0.25, 0.3) is 5.82 Å². The number of anilines is 1. The highest BCUT2D eigenvalue weighted by Gasteiger charge is 2.26. The van der Waals surface area contributed by atoms with Crippen molar-refractivity contribution in [1.82, 2.24) is 4.98 Å². The average molecular weight is 388 g/mol. The number of benzene rings is 2. The van der Waals surface area contributed by atoms with Crippen LogP contribution in [0.1, 0.15) is 28.4 Å². The number of ether oxygens (including phenoxy) is 2. The molecule has 3 N–H and O–H groups in total. The van der Waals surface area contributed by atoms with Gasteiger partial charge in [-0.1, -0.05) is 24.3 Å². The lowest BCUT2D eigenvalue weighted by molar-refractivity contribution is -0.361. The minimum atomic E-state index is -0.0796. The van der Waals surface area contributed by atoms with Gasteiger partial charge in [0.05, 0.1) is 20.4 Å². The van der Waals surface area contributed by atoms with E-state index in [0.29, 0.717) is 11.5 Å². The first-order chi connectivity index (χ1) is 14.1. The van der Waals surface area contributed by atoms with Crippen molar-refractivity contribution in [3.8, 4) is 11.5 Å². The molecule has 4 aromatic rings. The van der Waals surface area contributed by atoms with E-state index in [0.717, 1.165) is 22.6 Å². The number of aromatic nitrogens is 2. The summed E-state index contributed by atoms with van der Waals surface area (Å²) in [6.45, 7) is 4.20. The van der Waals surface area contributed by atoms with Crippen LogP contribution in [-0.4, -0.2) is 19.2 Å². The zero-order chi connectivity index (χ0) is 20.4. The fourth-order valence-electron chi connectivity index (χ4n) is 3.84. The Balaban J connectivity index is 1.89. The normalized spacial score (nSPS) is 12.0. The Morgan fingerprint density at radius 3 is 2.48 bits per heavy atom. The van der Waals surface area contributed by atoms with E-state index in [1.54, 1.807) is 14.2 Å². The van der Waals surface area contributed by atoms with Gasteiger partial charge in [-0.25, -0.2) is 4.98 Å². The zero-order valence-electron chi connectivity index (χ0n) is 17.2. The number of pyridine rings is 1. The van der Waals surface area contributed by atoms with Crippen molar-refractivity contribution in [1.29, 1.82) is 0 Å². The summed E-state index contributed by atoms with van der Waals surface area (Å²) >= 11 is 0. The third-order valence-electron chi connectivity index (χ3n) is 5.23. The van der Waals surface area contributed by atoms with Gasteiger partial charge in [0.2, 0.25) is 0 Å². The molecule has 0 unspecified atom stereocenters. The van der Waals surface area contributed by atoms with Gasteiger partial charge in [0, 0.05) is 33.8 Å². The second-order valence-corrected chi connectivity index (χ2v) is 7.18. The summed E-state index contributed by atoms with van der Waals surface area (Å²) in [5.41, 5.74) is 5.74. The van der Waals surface area contributed by atoms with Crippen molar-refractivity contribution >= 4 is 16.7 Å². The van der Waals surface area contributed by atoms with Crippen LogP contribution in [0.5, 0.6) is 11.5 Å². The zero-order valence-corrected chi connectivity index (χ0v) is 17.2. The lowest BCUT2D eigenvalue weighted by Gasteiger charge is -2.18. The standard InChI is InChI=1S/C24H25N3O2/c1-15-11-12-25-22(13-15)27-24(17-9-10-20(28-3)21(14-17)29-4)23-16(2)26-19-8-6-5-7-18(19)23/h5-14,24,26H,1-4H3,(H,25,27)/p+1/t24-/m1/s1. The molecule has 2 aromatic heterocycles. The van der Waals surface area contributed by atoms with Gasteiger partial charge in [0.1, 0.15) is 6.04 Å². The Bertz CT molecular complexity index is 1150. The van der Waals surface area contributed by atoms with Gasteiger partial charge in [-0.15, -0.1) is 0 Å². The highest BCUT2D eigenvalue weighted by Crippen LogP contribution is 2.37. The SMILES string of the molecule is COc1ccc([C@@H](Nc2cc(C)cc[nH+]2)c2c(C)[nH]c3ccccc23)cc1OC. The molecular weight excluding hydrogens is 362 g/mol. The maximum absolute atomic E-state index is 5.56. The molecule has 29 heavy (non-hydrogen) atoms. The molecule has 0 saturated carbocycles. The molecule has 2 heterocycles. The number of rotatable bonds is 6. The first kappa shape index (κ1) is 18.9. The minimum absolute atomic E-state index is 0.0796. The third-order valence-corrected chi connectivity index (χ3v) is 5.23. The molecule has 4 rings (SSSR count). The van der Waals surface area contributed by atoms with Crippen LogP contribution in [-0.2, 0) is 0 Å². The van der Waals surface area contributed by atoms with Crippen molar-refractivity contribution in [2.45, 2.75) is 19.9 Å². The highest BCUT2D eigenvalue weighted by atomic mass is 16.5. The van der Waals surface area contributed by atoms with Crippen LogP contribution >= 0.6 is 0 Å². The molecule has 0 bridgehead atoms. The Morgan fingerprint density at radius 2 is 1.72 bits per heavy atom. The predicted molar refractivity (Wildman–Crippen MR) is 116 cm³/mol. The molecule has 0 fully saturated rings. The average Bonchev–Trinajstić information content (AvgIpc) is 3.07. The fourth-order valence-corrected chi connectivity index (χ4v) is 3.84. The first-order valence-electron chi connectivity index (χ1n) is 9.64. The van der Waals surface area contributed by atoms with Crippen molar-refractivity contribution in [3.05, 3.63) is 83.2 Å². The molecule has 0 aliphatic rings. The molecular formula is C24H26N3O2+. The van der Waals surface area contributed by atoms with E-state index in [9.17, 15) is 0 Å². The van der Waals surface area contributed by atoms with Gasteiger partial charge < -0.3 is 14.5 Å². The second-order valence-electron chi connectivity index (χ2n) is 7.18. The summed E-state index contributed by atoms with van der Waals surface area (Å²) in [5, 5.41) is 4.89. The molecule has 0 radical (unpaired) electrons. The molecule has 148 valence electrons. The third kappa shape index (κ3) is 3.63. The molecule has 0 aliphatic carbocycles. The lowest BCUT2D eigenvalue weighted by atomic mass is 9.95. The van der Waals surface area contributed by atoms with Crippen molar-refractivity contribution in [3.63, 3.8) is 0 Å². The van der Waals surface area contributed by atoms with Gasteiger partial charge in [-0.2, -0.15) is 0 Å². The van der Waals surface area contributed by atoms with Crippen molar-refractivity contribution in [2.75, 3.05) is 19.5 Å². The van der Waals surface area contributed by atoms with Gasteiger partial charge in [0.15, 0.2) is 11.5 Å². The van der Waals surface area contributed by atoms with Crippen LogP contribution in [0.3, 0.4) is 0 Å². The van der Waals surface area contributed by atoms with E-state index in [2.05, 4.69) is 65.5 Å². The summed E-state index contributed by atoms with van der Waals surface area (Å²) in [4.78, 5) is 6.83. The largest absolute Gasteiger partial charge is 0.493 e. The fraction of sp³-hybridized carbons (Fsp3) is 0.208. The van der Waals surface area contributed by atoms with Crippen LogP contribution in [0.25, 0.3) is 10.9 Å². The van der Waals surface area contributed by atoms with Crippen LogP contribution in [0, 0.1) is 13.8 Å². The topological polar surface area (TPSA) is 60.4 Å².